The van der Waals surface area contributed by atoms with E-state index in [2.05, 4.69) is 21.2 Å². The molecule has 0 aliphatic carbocycles. The zero-order chi connectivity index (χ0) is 22.7. The van der Waals surface area contributed by atoms with Crippen LogP contribution in [-0.4, -0.2) is 28.8 Å². The first-order chi connectivity index (χ1) is 15.5. The predicted molar refractivity (Wildman–Crippen MR) is 117 cm³/mol. The van der Waals surface area contributed by atoms with Crippen LogP contribution >= 0.6 is 11.3 Å². The molecular formula is C23H15FN4O3S. The maximum absolute atomic E-state index is 14.0. The van der Waals surface area contributed by atoms with Gasteiger partial charge in [-0.15, -0.1) is 11.3 Å². The average Bonchev–Trinajstić information content (AvgIpc) is 3.46. The molecule has 4 rings (SSSR count). The second-order valence-corrected chi connectivity index (χ2v) is 7.71. The number of nitrogens with zero attached hydrogens (tertiary/aromatic N) is 3. The van der Waals surface area contributed by atoms with Crippen LogP contribution in [0, 0.1) is 17.1 Å². The first kappa shape index (κ1) is 21.0. The monoisotopic (exact) mass is 446 g/mol. The van der Waals surface area contributed by atoms with E-state index in [9.17, 15) is 14.0 Å². The van der Waals surface area contributed by atoms with Gasteiger partial charge in [0.15, 0.2) is 0 Å². The Hall–Kier alpha value is -4.29. The number of esters is 1. The van der Waals surface area contributed by atoms with E-state index in [0.29, 0.717) is 15.4 Å². The zero-order valence-corrected chi connectivity index (χ0v) is 17.5. The van der Waals surface area contributed by atoms with Crippen LogP contribution in [0.1, 0.15) is 25.6 Å². The first-order valence-electron chi connectivity index (χ1n) is 9.34. The van der Waals surface area contributed by atoms with Crippen molar-refractivity contribution in [1.29, 1.82) is 5.26 Å². The maximum atomic E-state index is 14.0. The normalized spacial score (nSPS) is 10.4. The minimum atomic E-state index is -0.722. The lowest BCUT2D eigenvalue weighted by atomic mass is 10.1. The topological polar surface area (TPSA) is 97.0 Å². The number of nitriles is 1. The summed E-state index contributed by atoms with van der Waals surface area (Å²) in [6.07, 6.45) is 1.56. The van der Waals surface area contributed by atoms with E-state index in [1.807, 2.05) is 30.3 Å². The Morgan fingerprint density at radius 2 is 1.94 bits per heavy atom. The van der Waals surface area contributed by atoms with Crippen molar-refractivity contribution in [1.82, 2.24) is 9.78 Å². The Kier molecular flexibility index (Phi) is 5.79. The van der Waals surface area contributed by atoms with Crippen molar-refractivity contribution in [2.24, 2.45) is 0 Å². The number of methoxy groups -OCH3 is 1. The molecule has 0 saturated heterocycles. The van der Waals surface area contributed by atoms with Crippen molar-refractivity contribution in [2.45, 2.75) is 0 Å². The summed E-state index contributed by atoms with van der Waals surface area (Å²) in [4.78, 5) is 26.0. The first-order valence-corrected chi connectivity index (χ1v) is 10.2. The van der Waals surface area contributed by atoms with E-state index < -0.39 is 17.7 Å². The molecule has 2 aromatic carbocycles. The Morgan fingerprint density at radius 1 is 1.16 bits per heavy atom. The number of anilines is 1. The molecule has 0 saturated carbocycles. The lowest BCUT2D eigenvalue weighted by Gasteiger charge is -2.07. The van der Waals surface area contributed by atoms with Crippen LogP contribution in [0.25, 0.3) is 16.3 Å². The molecule has 7 nitrogen and oxygen atoms in total. The van der Waals surface area contributed by atoms with E-state index in [1.165, 1.54) is 24.5 Å². The van der Waals surface area contributed by atoms with Gasteiger partial charge in [0.1, 0.15) is 22.5 Å². The molecule has 9 heteroatoms. The van der Waals surface area contributed by atoms with Crippen LogP contribution in [0.3, 0.4) is 0 Å². The molecule has 1 N–H and O–H groups in total. The van der Waals surface area contributed by atoms with Crippen LogP contribution in [-0.2, 0) is 4.74 Å². The van der Waals surface area contributed by atoms with Gasteiger partial charge in [-0.1, -0.05) is 18.2 Å². The lowest BCUT2D eigenvalue weighted by molar-refractivity contribution is 0.0600. The number of ether oxygens (including phenoxy) is 1. The van der Waals surface area contributed by atoms with Gasteiger partial charge in [0, 0.05) is 11.9 Å². The number of hydrogen-bond donors (Lipinski definition) is 1. The largest absolute Gasteiger partial charge is 0.465 e. The molecule has 1 amide bonds. The second-order valence-electron chi connectivity index (χ2n) is 6.62. The summed E-state index contributed by atoms with van der Waals surface area (Å²) in [6.45, 7) is 0. The van der Waals surface area contributed by atoms with Gasteiger partial charge in [-0.25, -0.2) is 13.9 Å². The number of amides is 1. The highest BCUT2D eigenvalue weighted by Gasteiger charge is 2.21. The standard InChI is InChI=1S/C23H15FN4O3S/c1-31-23(30)14-9-15(24)11-16(10-14)26-22(29)19-13-28(17-5-3-2-4-6-17)27-21(19)20-8-7-18(12-25)32-20/h2-11,13H,1H3,(H,26,29). The Bertz CT molecular complexity index is 1360. The quantitative estimate of drug-likeness (QED) is 0.450. The average molecular weight is 446 g/mol. The van der Waals surface area contributed by atoms with E-state index in [0.717, 1.165) is 17.8 Å². The molecule has 0 bridgehead atoms. The van der Waals surface area contributed by atoms with Gasteiger partial charge in [-0.05, 0) is 42.5 Å². The molecule has 0 atom stereocenters. The van der Waals surface area contributed by atoms with Crippen molar-refractivity contribution in [3.05, 3.63) is 88.7 Å². The minimum Gasteiger partial charge on any atom is -0.465 e. The van der Waals surface area contributed by atoms with Gasteiger partial charge in [-0.3, -0.25) is 4.79 Å². The summed E-state index contributed by atoms with van der Waals surface area (Å²) >= 11 is 1.21. The molecule has 2 heterocycles. The third-order valence-electron chi connectivity index (χ3n) is 4.51. The van der Waals surface area contributed by atoms with Crippen molar-refractivity contribution >= 4 is 28.9 Å². The fourth-order valence-electron chi connectivity index (χ4n) is 3.06. The highest BCUT2D eigenvalue weighted by Crippen LogP contribution is 2.31. The Balaban J connectivity index is 1.74. The number of halogens is 1. The summed E-state index contributed by atoms with van der Waals surface area (Å²) in [6, 6.07) is 18.1. The fraction of sp³-hybridized carbons (Fsp3) is 0.0435. The number of nitrogens with one attached hydrogen (secondary N) is 1. The molecule has 158 valence electrons. The van der Waals surface area contributed by atoms with Crippen molar-refractivity contribution in [3.63, 3.8) is 0 Å². The Labute approximate surface area is 186 Å². The van der Waals surface area contributed by atoms with E-state index in [4.69, 9.17) is 5.26 Å². The number of para-hydroxylation sites is 1. The van der Waals surface area contributed by atoms with Gasteiger partial charge in [0.25, 0.3) is 5.91 Å². The molecule has 0 fully saturated rings. The van der Waals surface area contributed by atoms with Crippen LogP contribution in [0.15, 0.2) is 66.9 Å². The van der Waals surface area contributed by atoms with Gasteiger partial charge in [0.05, 0.1) is 28.8 Å². The second kappa shape index (κ2) is 8.83. The van der Waals surface area contributed by atoms with Gasteiger partial charge >= 0.3 is 5.97 Å². The molecule has 0 radical (unpaired) electrons. The van der Waals surface area contributed by atoms with E-state index >= 15 is 0 Å². The third kappa shape index (κ3) is 4.26. The van der Waals surface area contributed by atoms with Crippen molar-refractivity contribution in [2.75, 3.05) is 12.4 Å². The van der Waals surface area contributed by atoms with Gasteiger partial charge in [0.2, 0.25) is 0 Å². The summed E-state index contributed by atoms with van der Waals surface area (Å²) in [5, 5.41) is 16.3. The van der Waals surface area contributed by atoms with E-state index in [-0.39, 0.29) is 16.8 Å². The molecule has 0 unspecified atom stereocenters. The zero-order valence-electron chi connectivity index (χ0n) is 16.7. The van der Waals surface area contributed by atoms with Crippen LogP contribution in [0.5, 0.6) is 0 Å². The van der Waals surface area contributed by atoms with Crippen molar-refractivity contribution in [3.8, 4) is 22.3 Å². The molecular weight excluding hydrogens is 431 g/mol. The van der Waals surface area contributed by atoms with Crippen LogP contribution in [0.4, 0.5) is 10.1 Å². The molecule has 0 spiro atoms. The fourth-order valence-corrected chi connectivity index (χ4v) is 3.86. The summed E-state index contributed by atoms with van der Waals surface area (Å²) in [5.41, 5.74) is 1.41. The number of benzene rings is 2. The summed E-state index contributed by atoms with van der Waals surface area (Å²) in [7, 11) is 1.19. The summed E-state index contributed by atoms with van der Waals surface area (Å²) < 4.78 is 20.2. The maximum Gasteiger partial charge on any atom is 0.338 e. The minimum absolute atomic E-state index is 0.0278. The van der Waals surface area contributed by atoms with E-state index in [1.54, 1.807) is 23.0 Å². The number of hydrogen-bond acceptors (Lipinski definition) is 6. The smallest absolute Gasteiger partial charge is 0.338 e. The number of aromatic nitrogens is 2. The molecule has 0 aliphatic heterocycles. The molecule has 2 aromatic heterocycles. The number of carbonyl (C=O) groups is 2. The van der Waals surface area contributed by atoms with Crippen molar-refractivity contribution < 1.29 is 18.7 Å². The van der Waals surface area contributed by atoms with Gasteiger partial charge < -0.3 is 10.1 Å². The SMILES string of the molecule is COC(=O)c1cc(F)cc(NC(=O)c2cn(-c3ccccc3)nc2-c2ccc(C#N)s2)c1. The number of rotatable bonds is 5. The number of carbonyl (C=O) groups excluding carboxylic acids is 2. The highest BCUT2D eigenvalue weighted by atomic mass is 32.1. The van der Waals surface area contributed by atoms with Crippen LogP contribution < -0.4 is 5.32 Å². The predicted octanol–water partition coefficient (Wildman–Crippen LogP) is 4.65. The molecule has 4 aromatic rings. The number of thiophene rings is 1. The van der Waals surface area contributed by atoms with Crippen LogP contribution in [0.2, 0.25) is 0 Å². The Morgan fingerprint density at radius 3 is 2.62 bits per heavy atom. The molecule has 0 aliphatic rings. The lowest BCUT2D eigenvalue weighted by Crippen LogP contribution is -2.13. The van der Waals surface area contributed by atoms with Gasteiger partial charge in [-0.2, -0.15) is 10.4 Å². The summed E-state index contributed by atoms with van der Waals surface area (Å²) in [5.74, 6) is -1.96. The highest BCUT2D eigenvalue weighted by molar-refractivity contribution is 7.16. The molecule has 32 heavy (non-hydrogen) atoms. The third-order valence-corrected chi connectivity index (χ3v) is 5.50.